The topological polar surface area (TPSA) is 23.5 Å². The van der Waals surface area contributed by atoms with E-state index in [1.165, 1.54) is 5.56 Å². The van der Waals surface area contributed by atoms with Crippen molar-refractivity contribution in [2.24, 2.45) is 0 Å². The molecule has 1 N–H and O–H groups in total. The fraction of sp³-hybridized carbons (Fsp3) is 0.571. The molecule has 1 aliphatic rings. The van der Waals surface area contributed by atoms with Gasteiger partial charge in [-0.2, -0.15) is 0 Å². The molecule has 100 valence electrons. The predicted molar refractivity (Wildman–Crippen MR) is 76.2 cm³/mol. The van der Waals surface area contributed by atoms with Gasteiger partial charge in [-0.1, -0.05) is 29.3 Å². The van der Waals surface area contributed by atoms with Crippen LogP contribution in [0.1, 0.15) is 31.7 Å². The summed E-state index contributed by atoms with van der Waals surface area (Å²) < 4.78 is 0. The smallest absolute Gasteiger partial charge is 0.0632 e. The van der Waals surface area contributed by atoms with E-state index in [1.807, 2.05) is 25.1 Å². The molecule has 1 aromatic carbocycles. The van der Waals surface area contributed by atoms with Gasteiger partial charge in [-0.05, 0) is 50.4 Å². The fourth-order valence-electron chi connectivity index (χ4n) is 2.37. The molecule has 0 spiro atoms. The lowest BCUT2D eigenvalue weighted by Gasteiger charge is -2.22. The predicted octanol–water partition coefficient (Wildman–Crippen LogP) is 3.73. The first-order chi connectivity index (χ1) is 8.46. The Morgan fingerprint density at radius 1 is 1.22 bits per heavy atom. The summed E-state index contributed by atoms with van der Waals surface area (Å²) in [5.41, 5.74) is 0.665. The SMILES string of the molecule is CC1(O)CCCN(Cc2ccc(Cl)c(Cl)c2)CC1. The molecule has 1 unspecified atom stereocenters. The zero-order valence-electron chi connectivity index (χ0n) is 10.6. The minimum absolute atomic E-state index is 0.508. The standard InChI is InChI=1S/C14H19Cl2NO/c1-14(18)5-2-7-17(8-6-14)10-11-3-4-12(15)13(16)9-11/h3-4,9,18H,2,5-8,10H2,1H3. The molecule has 1 saturated heterocycles. The zero-order chi connectivity index (χ0) is 13.2. The molecule has 1 aromatic rings. The van der Waals surface area contributed by atoms with Crippen molar-refractivity contribution in [3.63, 3.8) is 0 Å². The van der Waals surface area contributed by atoms with Gasteiger partial charge in [0.1, 0.15) is 0 Å². The van der Waals surface area contributed by atoms with Crippen molar-refractivity contribution in [1.82, 2.24) is 4.90 Å². The van der Waals surface area contributed by atoms with E-state index in [0.29, 0.717) is 10.0 Å². The van der Waals surface area contributed by atoms with Crippen LogP contribution < -0.4 is 0 Å². The van der Waals surface area contributed by atoms with Crippen LogP contribution in [0.15, 0.2) is 18.2 Å². The third-order valence-electron chi connectivity index (χ3n) is 3.55. The van der Waals surface area contributed by atoms with Crippen molar-refractivity contribution in [2.45, 2.75) is 38.3 Å². The first kappa shape index (κ1) is 14.1. The molecule has 1 fully saturated rings. The van der Waals surface area contributed by atoms with Gasteiger partial charge in [-0.15, -0.1) is 0 Å². The van der Waals surface area contributed by atoms with Gasteiger partial charge >= 0.3 is 0 Å². The van der Waals surface area contributed by atoms with Crippen molar-refractivity contribution in [2.75, 3.05) is 13.1 Å². The lowest BCUT2D eigenvalue weighted by atomic mass is 9.98. The van der Waals surface area contributed by atoms with E-state index in [4.69, 9.17) is 23.2 Å². The van der Waals surface area contributed by atoms with Gasteiger partial charge in [0.15, 0.2) is 0 Å². The molecule has 4 heteroatoms. The Morgan fingerprint density at radius 2 is 2.00 bits per heavy atom. The molecule has 0 radical (unpaired) electrons. The van der Waals surface area contributed by atoms with E-state index >= 15 is 0 Å². The molecule has 0 aliphatic carbocycles. The third kappa shape index (κ3) is 3.86. The second kappa shape index (κ2) is 5.79. The van der Waals surface area contributed by atoms with Crippen molar-refractivity contribution in [3.8, 4) is 0 Å². The number of nitrogens with zero attached hydrogens (tertiary/aromatic N) is 1. The van der Waals surface area contributed by atoms with Gasteiger partial charge in [-0.25, -0.2) is 0 Å². The maximum absolute atomic E-state index is 10.1. The minimum Gasteiger partial charge on any atom is -0.390 e. The van der Waals surface area contributed by atoms with E-state index < -0.39 is 5.60 Å². The van der Waals surface area contributed by atoms with Crippen LogP contribution in [0, 0.1) is 0 Å². The van der Waals surface area contributed by atoms with Crippen LogP contribution in [0.25, 0.3) is 0 Å². The number of aliphatic hydroxyl groups is 1. The summed E-state index contributed by atoms with van der Waals surface area (Å²) in [6.45, 7) is 4.74. The first-order valence-electron chi connectivity index (χ1n) is 6.35. The summed E-state index contributed by atoms with van der Waals surface area (Å²) in [6.07, 6.45) is 2.74. The molecule has 0 amide bonds. The van der Waals surface area contributed by atoms with E-state index in [2.05, 4.69) is 4.90 Å². The molecular weight excluding hydrogens is 269 g/mol. The quantitative estimate of drug-likeness (QED) is 0.896. The van der Waals surface area contributed by atoms with Crippen LogP contribution in [0.3, 0.4) is 0 Å². The van der Waals surface area contributed by atoms with Crippen molar-refractivity contribution in [3.05, 3.63) is 33.8 Å². The van der Waals surface area contributed by atoms with Gasteiger partial charge < -0.3 is 5.11 Å². The molecule has 1 aliphatic heterocycles. The van der Waals surface area contributed by atoms with Crippen LogP contribution in [0.4, 0.5) is 0 Å². The van der Waals surface area contributed by atoms with Crippen molar-refractivity contribution < 1.29 is 5.11 Å². The average molecular weight is 288 g/mol. The second-order valence-corrected chi connectivity index (χ2v) is 6.19. The Hall–Kier alpha value is -0.280. The minimum atomic E-state index is -0.508. The van der Waals surface area contributed by atoms with Crippen LogP contribution >= 0.6 is 23.2 Å². The normalized spacial score (nSPS) is 26.0. The fourth-order valence-corrected chi connectivity index (χ4v) is 2.69. The van der Waals surface area contributed by atoms with E-state index in [0.717, 1.165) is 38.9 Å². The van der Waals surface area contributed by atoms with Gasteiger partial charge in [-0.3, -0.25) is 4.90 Å². The van der Waals surface area contributed by atoms with Crippen LogP contribution in [0.5, 0.6) is 0 Å². The Labute approximate surface area is 119 Å². The number of hydrogen-bond acceptors (Lipinski definition) is 2. The number of benzene rings is 1. The average Bonchev–Trinajstić information content (AvgIpc) is 2.46. The summed E-state index contributed by atoms with van der Waals surface area (Å²) in [6, 6.07) is 5.78. The molecule has 18 heavy (non-hydrogen) atoms. The number of rotatable bonds is 2. The molecule has 2 rings (SSSR count). The Morgan fingerprint density at radius 3 is 2.72 bits per heavy atom. The Balaban J connectivity index is 1.98. The first-order valence-corrected chi connectivity index (χ1v) is 7.10. The highest BCUT2D eigenvalue weighted by molar-refractivity contribution is 6.42. The third-order valence-corrected chi connectivity index (χ3v) is 4.29. The summed E-state index contributed by atoms with van der Waals surface area (Å²) in [5, 5.41) is 11.3. The van der Waals surface area contributed by atoms with Crippen LogP contribution in [0.2, 0.25) is 10.0 Å². The molecule has 0 aromatic heterocycles. The molecule has 1 heterocycles. The lowest BCUT2D eigenvalue weighted by Crippen LogP contribution is -2.28. The van der Waals surface area contributed by atoms with E-state index in [-0.39, 0.29) is 0 Å². The molecule has 0 saturated carbocycles. The highest BCUT2D eigenvalue weighted by Crippen LogP contribution is 2.25. The summed E-state index contributed by atoms with van der Waals surface area (Å²) in [4.78, 5) is 2.36. The van der Waals surface area contributed by atoms with Crippen LogP contribution in [-0.4, -0.2) is 28.7 Å². The maximum atomic E-state index is 10.1. The highest BCUT2D eigenvalue weighted by Gasteiger charge is 2.24. The summed E-state index contributed by atoms with van der Waals surface area (Å²) in [7, 11) is 0. The largest absolute Gasteiger partial charge is 0.390 e. The lowest BCUT2D eigenvalue weighted by molar-refractivity contribution is 0.0444. The molecule has 0 bridgehead atoms. The second-order valence-electron chi connectivity index (χ2n) is 5.38. The van der Waals surface area contributed by atoms with Crippen molar-refractivity contribution in [1.29, 1.82) is 0 Å². The Bertz CT molecular complexity index is 420. The number of likely N-dealkylation sites (tertiary alicyclic amines) is 1. The number of hydrogen-bond donors (Lipinski definition) is 1. The van der Waals surface area contributed by atoms with Crippen molar-refractivity contribution >= 4 is 23.2 Å². The monoisotopic (exact) mass is 287 g/mol. The highest BCUT2D eigenvalue weighted by atomic mass is 35.5. The maximum Gasteiger partial charge on any atom is 0.0632 e. The van der Waals surface area contributed by atoms with E-state index in [9.17, 15) is 5.11 Å². The van der Waals surface area contributed by atoms with E-state index in [1.54, 1.807) is 0 Å². The van der Waals surface area contributed by atoms with Gasteiger partial charge in [0.25, 0.3) is 0 Å². The Kier molecular flexibility index (Phi) is 4.54. The number of halogens is 2. The van der Waals surface area contributed by atoms with Gasteiger partial charge in [0, 0.05) is 13.1 Å². The van der Waals surface area contributed by atoms with Gasteiger partial charge in [0.2, 0.25) is 0 Å². The summed E-state index contributed by atoms with van der Waals surface area (Å²) in [5.74, 6) is 0. The summed E-state index contributed by atoms with van der Waals surface area (Å²) >= 11 is 11.9. The molecule has 2 nitrogen and oxygen atoms in total. The molecule has 1 atom stereocenters. The van der Waals surface area contributed by atoms with Gasteiger partial charge in [0.05, 0.1) is 15.6 Å². The zero-order valence-corrected chi connectivity index (χ0v) is 12.1. The molecular formula is C14H19Cl2NO. The van der Waals surface area contributed by atoms with Crippen LogP contribution in [-0.2, 0) is 6.54 Å².